The van der Waals surface area contributed by atoms with Crippen LogP contribution < -0.4 is 11.0 Å². The number of rotatable bonds is 4. The van der Waals surface area contributed by atoms with E-state index in [2.05, 4.69) is 5.32 Å². The van der Waals surface area contributed by atoms with Gasteiger partial charge in [0.15, 0.2) is 0 Å². The minimum absolute atomic E-state index is 0.0897. The van der Waals surface area contributed by atoms with Crippen LogP contribution in [0.25, 0.3) is 0 Å². The molecule has 1 N–H and O–H groups in total. The van der Waals surface area contributed by atoms with E-state index in [1.165, 1.54) is 9.13 Å². The van der Waals surface area contributed by atoms with E-state index in [0.717, 1.165) is 0 Å². The Balaban J connectivity index is 2.52. The topological polar surface area (TPSA) is 56.0 Å². The fraction of sp³-hybridized carbons (Fsp3) is 0.600. The zero-order valence-corrected chi connectivity index (χ0v) is 9.36. The van der Waals surface area contributed by atoms with Gasteiger partial charge in [0.2, 0.25) is 5.91 Å². The Bertz CT molecular complexity index is 390. The molecule has 1 aromatic rings. The molecule has 0 aliphatic heterocycles. The normalized spacial score (nSPS) is 10.7. The van der Waals surface area contributed by atoms with Gasteiger partial charge >= 0.3 is 5.69 Å². The minimum atomic E-state index is -0.172. The van der Waals surface area contributed by atoms with Crippen LogP contribution in [0.5, 0.6) is 0 Å². The van der Waals surface area contributed by atoms with Crippen molar-refractivity contribution in [2.24, 2.45) is 13.0 Å². The van der Waals surface area contributed by atoms with Crippen molar-refractivity contribution in [3.05, 3.63) is 22.9 Å². The van der Waals surface area contributed by atoms with Gasteiger partial charge in [-0.25, -0.2) is 4.79 Å². The Kier molecular flexibility index (Phi) is 3.71. The second-order valence-electron chi connectivity index (χ2n) is 4.02. The maximum atomic E-state index is 11.4. The molecule has 15 heavy (non-hydrogen) atoms. The van der Waals surface area contributed by atoms with Crippen LogP contribution in [0.4, 0.5) is 0 Å². The molecule has 1 aromatic heterocycles. The second kappa shape index (κ2) is 4.82. The van der Waals surface area contributed by atoms with Crippen molar-refractivity contribution in [1.29, 1.82) is 0 Å². The quantitative estimate of drug-likeness (QED) is 0.759. The molecule has 0 atom stereocenters. The summed E-state index contributed by atoms with van der Waals surface area (Å²) in [6, 6.07) is 0. The van der Waals surface area contributed by atoms with E-state index in [9.17, 15) is 9.59 Å². The van der Waals surface area contributed by atoms with Crippen molar-refractivity contribution in [3.8, 4) is 0 Å². The highest BCUT2D eigenvalue weighted by Crippen LogP contribution is 1.88. The Labute approximate surface area is 88.7 Å². The third-order valence-electron chi connectivity index (χ3n) is 2.04. The van der Waals surface area contributed by atoms with Crippen LogP contribution in [-0.4, -0.2) is 21.6 Å². The molecule has 0 aliphatic carbocycles. The average Bonchev–Trinajstić information content (AvgIpc) is 2.47. The molecular formula is C10H17N3O2. The Morgan fingerprint density at radius 2 is 2.13 bits per heavy atom. The van der Waals surface area contributed by atoms with E-state index >= 15 is 0 Å². The van der Waals surface area contributed by atoms with Gasteiger partial charge in [-0.2, -0.15) is 0 Å². The van der Waals surface area contributed by atoms with E-state index in [1.807, 2.05) is 13.8 Å². The summed E-state index contributed by atoms with van der Waals surface area (Å²) >= 11 is 0. The summed E-state index contributed by atoms with van der Waals surface area (Å²) in [5.74, 6) is 0.290. The van der Waals surface area contributed by atoms with Gasteiger partial charge in [0.25, 0.3) is 0 Å². The lowest BCUT2D eigenvalue weighted by Crippen LogP contribution is -2.34. The average molecular weight is 211 g/mol. The maximum Gasteiger partial charge on any atom is 0.328 e. The van der Waals surface area contributed by atoms with Crippen molar-refractivity contribution in [1.82, 2.24) is 14.5 Å². The summed E-state index contributed by atoms with van der Waals surface area (Å²) in [5.41, 5.74) is -0.172. The largest absolute Gasteiger partial charge is 0.354 e. The van der Waals surface area contributed by atoms with Crippen molar-refractivity contribution < 1.29 is 4.79 Å². The fourth-order valence-corrected chi connectivity index (χ4v) is 1.16. The summed E-state index contributed by atoms with van der Waals surface area (Å²) in [5, 5.41) is 2.76. The van der Waals surface area contributed by atoms with E-state index in [-0.39, 0.29) is 18.1 Å². The van der Waals surface area contributed by atoms with Crippen molar-refractivity contribution >= 4 is 5.91 Å². The zero-order chi connectivity index (χ0) is 11.4. The molecule has 0 radical (unpaired) electrons. The van der Waals surface area contributed by atoms with E-state index in [0.29, 0.717) is 12.5 Å². The standard InChI is InChI=1S/C10H17N3O2/c1-8(2)6-11-9(14)7-13-5-4-12(3)10(13)15/h4-5,8H,6-7H2,1-3H3,(H,11,14). The van der Waals surface area contributed by atoms with Crippen LogP contribution in [0.3, 0.4) is 0 Å². The molecule has 0 bridgehead atoms. The number of nitrogens with one attached hydrogen (secondary N) is 1. The molecule has 0 spiro atoms. The molecule has 0 fully saturated rings. The first-order valence-electron chi connectivity index (χ1n) is 4.99. The van der Waals surface area contributed by atoms with Gasteiger partial charge in [-0.1, -0.05) is 13.8 Å². The summed E-state index contributed by atoms with van der Waals surface area (Å²) in [6.07, 6.45) is 3.25. The second-order valence-corrected chi connectivity index (χ2v) is 4.02. The summed E-state index contributed by atoms with van der Waals surface area (Å²) in [6.45, 7) is 4.77. The third-order valence-corrected chi connectivity index (χ3v) is 2.04. The molecule has 1 rings (SSSR count). The monoisotopic (exact) mass is 211 g/mol. The van der Waals surface area contributed by atoms with Gasteiger partial charge in [0.05, 0.1) is 0 Å². The van der Waals surface area contributed by atoms with E-state index in [4.69, 9.17) is 0 Å². The molecule has 0 saturated heterocycles. The number of carbonyl (C=O) groups is 1. The molecule has 0 unspecified atom stereocenters. The Morgan fingerprint density at radius 1 is 1.47 bits per heavy atom. The maximum absolute atomic E-state index is 11.4. The van der Waals surface area contributed by atoms with E-state index in [1.54, 1.807) is 19.4 Å². The van der Waals surface area contributed by atoms with Gasteiger partial charge in [-0.05, 0) is 5.92 Å². The summed E-state index contributed by atoms with van der Waals surface area (Å²) < 4.78 is 2.82. The molecule has 5 heteroatoms. The lowest BCUT2D eigenvalue weighted by Gasteiger charge is -2.07. The van der Waals surface area contributed by atoms with Crippen LogP contribution in [-0.2, 0) is 18.4 Å². The highest BCUT2D eigenvalue weighted by atomic mass is 16.2. The first-order valence-corrected chi connectivity index (χ1v) is 4.99. The number of nitrogens with zero attached hydrogens (tertiary/aromatic N) is 2. The highest BCUT2D eigenvalue weighted by molar-refractivity contribution is 5.75. The highest BCUT2D eigenvalue weighted by Gasteiger charge is 2.06. The summed E-state index contributed by atoms with van der Waals surface area (Å²) in [7, 11) is 1.66. The first kappa shape index (κ1) is 11.6. The molecule has 1 amide bonds. The molecule has 5 nitrogen and oxygen atoms in total. The molecule has 0 aromatic carbocycles. The number of hydrogen-bond donors (Lipinski definition) is 1. The Hall–Kier alpha value is -1.52. The van der Waals surface area contributed by atoms with Gasteiger partial charge in [-0.15, -0.1) is 0 Å². The van der Waals surface area contributed by atoms with Crippen LogP contribution >= 0.6 is 0 Å². The van der Waals surface area contributed by atoms with Crippen molar-refractivity contribution in [3.63, 3.8) is 0 Å². The smallest absolute Gasteiger partial charge is 0.328 e. The van der Waals surface area contributed by atoms with Crippen molar-refractivity contribution in [2.45, 2.75) is 20.4 Å². The van der Waals surface area contributed by atoms with Crippen LogP contribution in [0.2, 0.25) is 0 Å². The molecule has 84 valence electrons. The number of aromatic nitrogens is 2. The third kappa shape index (κ3) is 3.27. The fourth-order valence-electron chi connectivity index (χ4n) is 1.16. The predicted octanol–water partition coefficient (Wildman–Crippen LogP) is -0.0410. The van der Waals surface area contributed by atoms with E-state index < -0.39 is 0 Å². The molecule has 0 aliphatic rings. The number of hydrogen-bond acceptors (Lipinski definition) is 2. The van der Waals surface area contributed by atoms with Gasteiger partial charge < -0.3 is 9.88 Å². The van der Waals surface area contributed by atoms with Gasteiger partial charge in [-0.3, -0.25) is 9.36 Å². The minimum Gasteiger partial charge on any atom is -0.354 e. The number of imidazole rings is 1. The predicted molar refractivity (Wildman–Crippen MR) is 57.5 cm³/mol. The molecule has 1 heterocycles. The Morgan fingerprint density at radius 3 is 2.60 bits per heavy atom. The SMILES string of the molecule is CC(C)CNC(=O)Cn1ccn(C)c1=O. The van der Waals surface area contributed by atoms with Crippen molar-refractivity contribution in [2.75, 3.05) is 6.54 Å². The van der Waals surface area contributed by atoms with Crippen LogP contribution in [0.15, 0.2) is 17.2 Å². The molecular weight excluding hydrogens is 194 g/mol. The molecule has 0 saturated carbocycles. The zero-order valence-electron chi connectivity index (χ0n) is 9.36. The summed E-state index contributed by atoms with van der Waals surface area (Å²) in [4.78, 5) is 22.8. The van der Waals surface area contributed by atoms with Crippen LogP contribution in [0, 0.1) is 5.92 Å². The lowest BCUT2D eigenvalue weighted by atomic mass is 10.2. The number of carbonyl (C=O) groups excluding carboxylic acids is 1. The number of amides is 1. The van der Waals surface area contributed by atoms with Crippen LogP contribution in [0.1, 0.15) is 13.8 Å². The van der Waals surface area contributed by atoms with Gasteiger partial charge in [0.1, 0.15) is 6.54 Å². The van der Waals surface area contributed by atoms with Gasteiger partial charge in [0, 0.05) is 26.0 Å². The number of aryl methyl sites for hydroxylation is 1. The lowest BCUT2D eigenvalue weighted by molar-refractivity contribution is -0.121. The first-order chi connectivity index (χ1) is 7.00.